The molecule has 0 unspecified atom stereocenters. The number of carbonyl (C=O) groups is 1. The van der Waals surface area contributed by atoms with Gasteiger partial charge in [0.25, 0.3) is 5.91 Å². The van der Waals surface area contributed by atoms with E-state index in [4.69, 9.17) is 23.2 Å². The molecular formula is C24H17BrCl2N2O. The monoisotopic (exact) mass is 498 g/mol. The van der Waals surface area contributed by atoms with Crippen LogP contribution in [-0.2, 0) is 11.2 Å². The standard InChI is InChI=1S/C24H17BrCl2N2O/c1-15-22(27)7-4-8-23(15)29-24(30)19(14-28)12-18-13-20(26)10-9-16(18)11-17-5-2-3-6-21(17)25/h2-10,12-13H,11H2,1H3,(H,29,30)/b19-12+. The molecule has 0 aliphatic rings. The third-order valence-electron chi connectivity index (χ3n) is 4.63. The van der Waals surface area contributed by atoms with Crippen LogP contribution in [-0.4, -0.2) is 5.91 Å². The molecule has 6 heteroatoms. The number of hydrogen-bond acceptors (Lipinski definition) is 2. The number of carbonyl (C=O) groups excluding carboxylic acids is 1. The summed E-state index contributed by atoms with van der Waals surface area (Å²) in [6, 6.07) is 20.6. The van der Waals surface area contributed by atoms with Crippen LogP contribution < -0.4 is 5.32 Å². The van der Waals surface area contributed by atoms with Crippen molar-refractivity contribution in [3.63, 3.8) is 0 Å². The Labute approximate surface area is 194 Å². The van der Waals surface area contributed by atoms with E-state index >= 15 is 0 Å². The first-order chi connectivity index (χ1) is 14.4. The summed E-state index contributed by atoms with van der Waals surface area (Å²) in [7, 11) is 0. The number of nitriles is 1. The number of amides is 1. The molecule has 0 fully saturated rings. The predicted molar refractivity (Wildman–Crippen MR) is 127 cm³/mol. The highest BCUT2D eigenvalue weighted by Gasteiger charge is 2.14. The summed E-state index contributed by atoms with van der Waals surface area (Å²) >= 11 is 15.9. The first-order valence-electron chi connectivity index (χ1n) is 9.09. The lowest BCUT2D eigenvalue weighted by Crippen LogP contribution is -2.14. The Morgan fingerprint density at radius 1 is 1.10 bits per heavy atom. The number of benzene rings is 3. The summed E-state index contributed by atoms with van der Waals surface area (Å²) in [5.74, 6) is -0.505. The number of rotatable bonds is 5. The van der Waals surface area contributed by atoms with Gasteiger partial charge in [-0.1, -0.05) is 69.5 Å². The average molecular weight is 500 g/mol. The molecule has 150 valence electrons. The molecule has 0 bridgehead atoms. The van der Waals surface area contributed by atoms with Crippen LogP contribution in [0, 0.1) is 18.3 Å². The molecule has 0 aromatic heterocycles. The van der Waals surface area contributed by atoms with E-state index in [1.54, 1.807) is 43.3 Å². The first kappa shape index (κ1) is 22.1. The summed E-state index contributed by atoms with van der Waals surface area (Å²) in [5.41, 5.74) is 4.03. The van der Waals surface area contributed by atoms with Crippen molar-refractivity contribution in [2.75, 3.05) is 5.32 Å². The van der Waals surface area contributed by atoms with Gasteiger partial charge in [0.05, 0.1) is 0 Å². The quantitative estimate of drug-likeness (QED) is 0.298. The molecule has 0 spiro atoms. The number of nitrogens with zero attached hydrogens (tertiary/aromatic N) is 1. The Kier molecular flexibility index (Phi) is 7.33. The zero-order valence-corrected chi connectivity index (χ0v) is 19.1. The van der Waals surface area contributed by atoms with E-state index in [1.165, 1.54) is 0 Å². The average Bonchev–Trinajstić information content (AvgIpc) is 2.72. The second-order valence-electron chi connectivity index (χ2n) is 6.65. The predicted octanol–water partition coefficient (Wildman–Crippen LogP) is 7.20. The Hall–Kier alpha value is -2.58. The maximum atomic E-state index is 12.7. The molecule has 30 heavy (non-hydrogen) atoms. The van der Waals surface area contributed by atoms with Crippen LogP contribution >= 0.6 is 39.1 Å². The fourth-order valence-corrected chi connectivity index (χ4v) is 3.72. The van der Waals surface area contributed by atoms with Crippen molar-refractivity contribution in [1.29, 1.82) is 5.26 Å². The van der Waals surface area contributed by atoms with Crippen LogP contribution in [0.25, 0.3) is 6.08 Å². The zero-order chi connectivity index (χ0) is 21.7. The molecule has 0 aliphatic carbocycles. The van der Waals surface area contributed by atoms with Crippen molar-refractivity contribution in [1.82, 2.24) is 0 Å². The topological polar surface area (TPSA) is 52.9 Å². The van der Waals surface area contributed by atoms with Gasteiger partial charge < -0.3 is 5.32 Å². The summed E-state index contributed by atoms with van der Waals surface area (Å²) < 4.78 is 0.990. The molecule has 0 saturated carbocycles. The Balaban J connectivity index is 1.94. The van der Waals surface area contributed by atoms with Gasteiger partial charge in [-0.2, -0.15) is 5.26 Å². The number of halogens is 3. The third kappa shape index (κ3) is 5.31. The highest BCUT2D eigenvalue weighted by molar-refractivity contribution is 9.10. The Morgan fingerprint density at radius 2 is 1.87 bits per heavy atom. The van der Waals surface area contributed by atoms with Gasteiger partial charge in [-0.25, -0.2) is 0 Å². The molecule has 0 radical (unpaired) electrons. The molecule has 3 aromatic rings. The van der Waals surface area contributed by atoms with Gasteiger partial charge in [-0.15, -0.1) is 0 Å². The van der Waals surface area contributed by atoms with E-state index < -0.39 is 5.91 Å². The van der Waals surface area contributed by atoms with Crippen LogP contribution in [0.15, 0.2) is 70.7 Å². The summed E-state index contributed by atoms with van der Waals surface area (Å²) in [5, 5.41) is 13.4. The lowest BCUT2D eigenvalue weighted by molar-refractivity contribution is -0.112. The molecule has 0 aliphatic heterocycles. The van der Waals surface area contributed by atoms with Crippen LogP contribution in [0.1, 0.15) is 22.3 Å². The highest BCUT2D eigenvalue weighted by atomic mass is 79.9. The number of hydrogen-bond donors (Lipinski definition) is 1. The van der Waals surface area contributed by atoms with Crippen molar-refractivity contribution in [3.8, 4) is 6.07 Å². The lowest BCUT2D eigenvalue weighted by atomic mass is 9.98. The second kappa shape index (κ2) is 9.95. The van der Waals surface area contributed by atoms with Gasteiger partial charge >= 0.3 is 0 Å². The van der Waals surface area contributed by atoms with Crippen LogP contribution in [0.3, 0.4) is 0 Å². The molecule has 3 rings (SSSR count). The molecule has 3 nitrogen and oxygen atoms in total. The van der Waals surface area contributed by atoms with Gasteiger partial charge in [0.2, 0.25) is 0 Å². The maximum Gasteiger partial charge on any atom is 0.266 e. The molecule has 0 saturated heterocycles. The van der Waals surface area contributed by atoms with Gasteiger partial charge in [0.1, 0.15) is 11.6 Å². The zero-order valence-electron chi connectivity index (χ0n) is 16.0. The first-order valence-corrected chi connectivity index (χ1v) is 10.6. The van der Waals surface area contributed by atoms with Crippen molar-refractivity contribution in [2.24, 2.45) is 0 Å². The van der Waals surface area contributed by atoms with Gasteiger partial charge in [0, 0.05) is 20.2 Å². The minimum Gasteiger partial charge on any atom is -0.321 e. The van der Waals surface area contributed by atoms with E-state index in [9.17, 15) is 10.1 Å². The number of nitrogens with one attached hydrogen (secondary N) is 1. The molecule has 3 aromatic carbocycles. The van der Waals surface area contributed by atoms with Crippen LogP contribution in [0.5, 0.6) is 0 Å². The van der Waals surface area contributed by atoms with Crippen molar-refractivity contribution in [3.05, 3.63) is 103 Å². The Morgan fingerprint density at radius 3 is 2.60 bits per heavy atom. The highest BCUT2D eigenvalue weighted by Crippen LogP contribution is 2.26. The SMILES string of the molecule is Cc1c(Cl)cccc1NC(=O)/C(C#N)=C/c1cc(Cl)ccc1Cc1ccccc1Br. The summed E-state index contributed by atoms with van der Waals surface area (Å²) in [6.07, 6.45) is 2.19. The van der Waals surface area contributed by atoms with Crippen molar-refractivity contribution < 1.29 is 4.79 Å². The van der Waals surface area contributed by atoms with Gasteiger partial charge in [0.15, 0.2) is 0 Å². The van der Waals surface area contributed by atoms with Gasteiger partial charge in [-0.05, 0) is 72.0 Å². The van der Waals surface area contributed by atoms with Crippen LogP contribution in [0.2, 0.25) is 10.0 Å². The fraction of sp³-hybridized carbons (Fsp3) is 0.0833. The molecular weight excluding hydrogens is 483 g/mol. The molecule has 1 N–H and O–H groups in total. The normalized spacial score (nSPS) is 11.1. The minimum absolute atomic E-state index is 0.0231. The largest absolute Gasteiger partial charge is 0.321 e. The molecule has 0 heterocycles. The van der Waals surface area contributed by atoms with E-state index in [0.29, 0.717) is 27.7 Å². The van der Waals surface area contributed by atoms with Crippen molar-refractivity contribution in [2.45, 2.75) is 13.3 Å². The Bertz CT molecular complexity index is 1180. The van der Waals surface area contributed by atoms with E-state index in [0.717, 1.165) is 21.2 Å². The van der Waals surface area contributed by atoms with Crippen LogP contribution in [0.4, 0.5) is 5.69 Å². The van der Waals surface area contributed by atoms with E-state index in [1.807, 2.05) is 36.4 Å². The fourth-order valence-electron chi connectivity index (χ4n) is 2.94. The van der Waals surface area contributed by atoms with Gasteiger partial charge in [-0.3, -0.25) is 4.79 Å². The summed E-state index contributed by atoms with van der Waals surface area (Å²) in [6.45, 7) is 1.81. The minimum atomic E-state index is -0.505. The lowest BCUT2D eigenvalue weighted by Gasteiger charge is -2.11. The maximum absolute atomic E-state index is 12.7. The molecule has 1 amide bonds. The smallest absolute Gasteiger partial charge is 0.266 e. The van der Waals surface area contributed by atoms with Crippen molar-refractivity contribution >= 4 is 56.8 Å². The summed E-state index contributed by atoms with van der Waals surface area (Å²) in [4.78, 5) is 12.7. The third-order valence-corrected chi connectivity index (χ3v) is 6.05. The second-order valence-corrected chi connectivity index (χ2v) is 8.35. The van der Waals surface area contributed by atoms with E-state index in [2.05, 4.69) is 21.2 Å². The van der Waals surface area contributed by atoms with E-state index in [-0.39, 0.29) is 5.57 Å². The molecule has 0 atom stereocenters. The number of anilines is 1.